The molecule has 22 heavy (non-hydrogen) atoms. The number of amides is 1. The average Bonchev–Trinajstić information content (AvgIpc) is 2.50. The van der Waals surface area contributed by atoms with Crippen LogP contribution in [-0.4, -0.2) is 43.3 Å². The number of nitrogens with one attached hydrogen (secondary N) is 1. The van der Waals surface area contributed by atoms with Gasteiger partial charge in [-0.05, 0) is 37.5 Å². The van der Waals surface area contributed by atoms with E-state index in [2.05, 4.69) is 5.32 Å². The minimum Gasteiger partial charge on any atom is -0.494 e. The number of hydrogen-bond donors (Lipinski definition) is 2. The summed E-state index contributed by atoms with van der Waals surface area (Å²) in [5.41, 5.74) is 1.18. The Morgan fingerprint density at radius 2 is 1.91 bits per heavy atom. The molecule has 122 valence electrons. The van der Waals surface area contributed by atoms with Gasteiger partial charge in [0.2, 0.25) is 5.91 Å². The summed E-state index contributed by atoms with van der Waals surface area (Å²) >= 11 is 0. The third-order valence-corrected chi connectivity index (χ3v) is 3.08. The fraction of sp³-hybridized carbons (Fsp3) is 0.500. The maximum atomic E-state index is 11.5. The van der Waals surface area contributed by atoms with E-state index in [0.717, 1.165) is 12.2 Å². The molecule has 1 amide bonds. The maximum absolute atomic E-state index is 11.5. The monoisotopic (exact) mass is 309 g/mol. The van der Waals surface area contributed by atoms with Gasteiger partial charge in [-0.3, -0.25) is 9.59 Å². The molecule has 2 N–H and O–H groups in total. The van der Waals surface area contributed by atoms with Crippen LogP contribution in [0.1, 0.15) is 25.3 Å². The van der Waals surface area contributed by atoms with Gasteiger partial charge in [-0.25, -0.2) is 0 Å². The van der Waals surface area contributed by atoms with Crippen molar-refractivity contribution in [3.63, 3.8) is 0 Å². The van der Waals surface area contributed by atoms with Crippen LogP contribution in [0.15, 0.2) is 24.3 Å². The number of carboxylic acid groups (broad SMARTS) is 1. The van der Waals surface area contributed by atoms with Crippen LogP contribution in [0.3, 0.4) is 0 Å². The van der Waals surface area contributed by atoms with Gasteiger partial charge in [-0.15, -0.1) is 0 Å². The molecule has 0 aliphatic rings. The largest absolute Gasteiger partial charge is 0.494 e. The molecule has 0 radical (unpaired) electrons. The van der Waals surface area contributed by atoms with Crippen LogP contribution in [0, 0.1) is 0 Å². The van der Waals surface area contributed by atoms with Crippen molar-refractivity contribution in [2.75, 3.05) is 20.3 Å². The van der Waals surface area contributed by atoms with Crippen molar-refractivity contribution >= 4 is 11.9 Å². The maximum Gasteiger partial charge on any atom is 0.325 e. The number of carboxylic acids is 1. The Labute approximate surface area is 130 Å². The van der Waals surface area contributed by atoms with Gasteiger partial charge in [0.25, 0.3) is 0 Å². The zero-order valence-electron chi connectivity index (χ0n) is 13.0. The van der Waals surface area contributed by atoms with Crippen molar-refractivity contribution < 1.29 is 24.2 Å². The van der Waals surface area contributed by atoms with Crippen LogP contribution in [0.4, 0.5) is 0 Å². The molecule has 0 saturated heterocycles. The smallest absolute Gasteiger partial charge is 0.325 e. The van der Waals surface area contributed by atoms with E-state index in [9.17, 15) is 9.59 Å². The number of carbonyl (C=O) groups excluding carboxylic acids is 1. The third-order valence-electron chi connectivity index (χ3n) is 3.08. The molecule has 1 aromatic rings. The average molecular weight is 309 g/mol. The van der Waals surface area contributed by atoms with E-state index in [0.29, 0.717) is 19.6 Å². The van der Waals surface area contributed by atoms with Crippen LogP contribution >= 0.6 is 0 Å². The van der Waals surface area contributed by atoms with Gasteiger partial charge < -0.3 is 19.9 Å². The first kappa shape index (κ1) is 18.0. The van der Waals surface area contributed by atoms with Gasteiger partial charge in [0.15, 0.2) is 0 Å². The molecule has 1 atom stereocenters. The second kappa shape index (κ2) is 9.78. The Bertz CT molecular complexity index is 472. The van der Waals surface area contributed by atoms with Gasteiger partial charge in [0.05, 0.1) is 13.2 Å². The molecule has 1 aromatic carbocycles. The van der Waals surface area contributed by atoms with E-state index in [1.165, 1.54) is 12.5 Å². The molecule has 1 rings (SSSR count). The molecule has 0 fully saturated rings. The second-order valence-corrected chi connectivity index (χ2v) is 4.97. The molecule has 0 saturated carbocycles. The lowest BCUT2D eigenvalue weighted by atomic mass is 10.1. The van der Waals surface area contributed by atoms with E-state index < -0.39 is 12.0 Å². The number of carbonyl (C=O) groups is 2. The molecule has 0 bridgehead atoms. The first-order valence-corrected chi connectivity index (χ1v) is 7.25. The molecule has 6 heteroatoms. The second-order valence-electron chi connectivity index (χ2n) is 4.97. The fourth-order valence-corrected chi connectivity index (χ4v) is 1.77. The van der Waals surface area contributed by atoms with Gasteiger partial charge in [-0.2, -0.15) is 0 Å². The zero-order chi connectivity index (χ0) is 16.4. The van der Waals surface area contributed by atoms with Crippen LogP contribution < -0.4 is 10.1 Å². The molecule has 1 unspecified atom stereocenters. The summed E-state index contributed by atoms with van der Waals surface area (Å²) in [6, 6.07) is 6.87. The Hall–Kier alpha value is -2.08. The zero-order valence-corrected chi connectivity index (χ0v) is 13.0. The van der Waals surface area contributed by atoms with E-state index >= 15 is 0 Å². The molecule has 0 spiro atoms. The number of benzene rings is 1. The highest BCUT2D eigenvalue weighted by molar-refractivity contribution is 5.83. The number of methoxy groups -OCH3 is 1. The highest BCUT2D eigenvalue weighted by Gasteiger charge is 2.13. The van der Waals surface area contributed by atoms with Crippen molar-refractivity contribution in [1.29, 1.82) is 0 Å². The molecular weight excluding hydrogens is 286 g/mol. The van der Waals surface area contributed by atoms with Crippen LogP contribution in [0.5, 0.6) is 5.75 Å². The lowest BCUT2D eigenvalue weighted by Crippen LogP contribution is -2.38. The predicted octanol–water partition coefficient (Wildman–Crippen LogP) is 1.62. The topological polar surface area (TPSA) is 84.9 Å². The minimum atomic E-state index is -1.04. The van der Waals surface area contributed by atoms with E-state index in [1.807, 2.05) is 24.3 Å². The SMILES string of the molecule is COCCc1ccc(OCCCC(=O)NC(C)C(=O)O)cc1. The van der Waals surface area contributed by atoms with Crippen LogP contribution in [0.25, 0.3) is 0 Å². The highest BCUT2D eigenvalue weighted by atomic mass is 16.5. The minimum absolute atomic E-state index is 0.240. The number of hydrogen-bond acceptors (Lipinski definition) is 4. The summed E-state index contributed by atoms with van der Waals surface area (Å²) < 4.78 is 10.6. The summed E-state index contributed by atoms with van der Waals surface area (Å²) in [5, 5.41) is 11.1. The summed E-state index contributed by atoms with van der Waals surface area (Å²) in [6.07, 6.45) is 1.63. The van der Waals surface area contributed by atoms with E-state index in [1.54, 1.807) is 7.11 Å². The van der Waals surface area contributed by atoms with Crippen molar-refractivity contribution in [2.45, 2.75) is 32.2 Å². The van der Waals surface area contributed by atoms with Crippen molar-refractivity contribution in [3.8, 4) is 5.75 Å². The van der Waals surface area contributed by atoms with Crippen LogP contribution in [-0.2, 0) is 20.7 Å². The lowest BCUT2D eigenvalue weighted by molar-refractivity contribution is -0.141. The van der Waals surface area contributed by atoms with Crippen molar-refractivity contribution in [2.24, 2.45) is 0 Å². The lowest BCUT2D eigenvalue weighted by Gasteiger charge is -2.10. The van der Waals surface area contributed by atoms with Gasteiger partial charge >= 0.3 is 5.97 Å². The van der Waals surface area contributed by atoms with Crippen molar-refractivity contribution in [3.05, 3.63) is 29.8 Å². The molecule has 0 aliphatic heterocycles. The van der Waals surface area contributed by atoms with Gasteiger partial charge in [0, 0.05) is 13.5 Å². The molecule has 6 nitrogen and oxygen atoms in total. The Morgan fingerprint density at radius 3 is 2.50 bits per heavy atom. The number of aliphatic carboxylic acids is 1. The molecular formula is C16H23NO5. The van der Waals surface area contributed by atoms with E-state index in [4.69, 9.17) is 14.6 Å². The van der Waals surface area contributed by atoms with Gasteiger partial charge in [0.1, 0.15) is 11.8 Å². The summed E-state index contributed by atoms with van der Waals surface area (Å²) in [5.74, 6) is -0.577. The molecule has 0 heterocycles. The Balaban J connectivity index is 2.21. The fourth-order valence-electron chi connectivity index (χ4n) is 1.77. The Morgan fingerprint density at radius 1 is 1.23 bits per heavy atom. The first-order valence-electron chi connectivity index (χ1n) is 7.25. The Kier molecular flexibility index (Phi) is 7.99. The van der Waals surface area contributed by atoms with Gasteiger partial charge in [-0.1, -0.05) is 12.1 Å². The standard InChI is InChI=1S/C16H23NO5/c1-12(16(19)20)17-15(18)4-3-10-22-14-7-5-13(6-8-14)9-11-21-2/h5-8,12H,3-4,9-11H2,1-2H3,(H,17,18)(H,19,20). The molecule has 0 aliphatic carbocycles. The van der Waals surface area contributed by atoms with Crippen LogP contribution in [0.2, 0.25) is 0 Å². The normalized spacial score (nSPS) is 11.7. The highest BCUT2D eigenvalue weighted by Crippen LogP contribution is 2.13. The predicted molar refractivity (Wildman–Crippen MR) is 82.0 cm³/mol. The first-order chi connectivity index (χ1) is 10.5. The summed E-state index contributed by atoms with van der Waals surface area (Å²) in [6.45, 7) is 2.53. The molecule has 0 aromatic heterocycles. The number of rotatable bonds is 10. The summed E-state index contributed by atoms with van der Waals surface area (Å²) in [4.78, 5) is 22.1. The summed E-state index contributed by atoms with van der Waals surface area (Å²) in [7, 11) is 1.67. The number of ether oxygens (including phenoxy) is 2. The van der Waals surface area contributed by atoms with E-state index in [-0.39, 0.29) is 12.3 Å². The van der Waals surface area contributed by atoms with Crippen molar-refractivity contribution in [1.82, 2.24) is 5.32 Å². The quantitative estimate of drug-likeness (QED) is 0.642. The third kappa shape index (κ3) is 7.08.